The number of fused-ring (bicyclic) bond motifs is 2. The fourth-order valence-corrected chi connectivity index (χ4v) is 3.68. The van der Waals surface area contributed by atoms with Crippen molar-refractivity contribution in [3.8, 4) is 0 Å². The van der Waals surface area contributed by atoms with E-state index in [-0.39, 0.29) is 11.8 Å². The van der Waals surface area contributed by atoms with Crippen molar-refractivity contribution >= 4 is 17.5 Å². The van der Waals surface area contributed by atoms with Gasteiger partial charge in [-0.15, -0.1) is 0 Å². The van der Waals surface area contributed by atoms with Gasteiger partial charge in [0, 0.05) is 48.3 Å². The lowest BCUT2D eigenvalue weighted by atomic mass is 10.1. The number of rotatable bonds is 5. The fourth-order valence-electron chi connectivity index (χ4n) is 3.68. The van der Waals surface area contributed by atoms with Crippen LogP contribution in [0.3, 0.4) is 0 Å². The number of carbonyl (C=O) groups is 2. The Bertz CT molecular complexity index is 1050. The topological polar surface area (TPSA) is 57.6 Å². The van der Waals surface area contributed by atoms with Crippen molar-refractivity contribution in [2.24, 2.45) is 0 Å². The summed E-state index contributed by atoms with van der Waals surface area (Å²) in [5, 5.41) is 2.89. The number of amides is 2. The predicted octanol–water partition coefficient (Wildman–Crippen LogP) is 2.99. The van der Waals surface area contributed by atoms with Crippen molar-refractivity contribution in [1.82, 2.24) is 14.8 Å². The Balaban J connectivity index is 1.55. The van der Waals surface area contributed by atoms with Crippen molar-refractivity contribution in [2.45, 2.75) is 13.1 Å². The van der Waals surface area contributed by atoms with Crippen molar-refractivity contribution in [3.63, 3.8) is 0 Å². The highest BCUT2D eigenvalue weighted by Gasteiger charge is 2.24. The standard InChI is InChI=1S/C24H26N4O2/c1-26(2)15-13-25-23(29)18-9-11-19(12-10-18)24(30)28-17-21-7-5-14-27(21)16-20-6-3-4-8-22(20)28/h3-12,14H,13,15-17H2,1-2H3,(H,25,29). The second-order valence-corrected chi connectivity index (χ2v) is 7.78. The van der Waals surface area contributed by atoms with E-state index in [0.29, 0.717) is 24.2 Å². The van der Waals surface area contributed by atoms with Crippen LogP contribution in [0, 0.1) is 0 Å². The van der Waals surface area contributed by atoms with E-state index in [4.69, 9.17) is 0 Å². The molecule has 0 unspecified atom stereocenters. The number of hydrogen-bond acceptors (Lipinski definition) is 3. The Kier molecular flexibility index (Phi) is 5.68. The molecule has 2 amide bonds. The number of aromatic nitrogens is 1. The predicted molar refractivity (Wildman–Crippen MR) is 118 cm³/mol. The molecule has 154 valence electrons. The van der Waals surface area contributed by atoms with Crippen LogP contribution in [0.1, 0.15) is 32.0 Å². The summed E-state index contributed by atoms with van der Waals surface area (Å²) in [5.41, 5.74) is 4.25. The maximum atomic E-state index is 13.4. The molecular weight excluding hydrogens is 376 g/mol. The van der Waals surface area contributed by atoms with Crippen LogP contribution in [-0.4, -0.2) is 48.5 Å². The number of nitrogens with one attached hydrogen (secondary N) is 1. The second-order valence-electron chi connectivity index (χ2n) is 7.78. The molecule has 0 saturated carbocycles. The summed E-state index contributed by atoms with van der Waals surface area (Å²) in [4.78, 5) is 29.5. The van der Waals surface area contributed by atoms with Crippen molar-refractivity contribution in [3.05, 3.63) is 89.2 Å². The largest absolute Gasteiger partial charge is 0.351 e. The molecule has 0 fully saturated rings. The highest BCUT2D eigenvalue weighted by atomic mass is 16.2. The van der Waals surface area contributed by atoms with Gasteiger partial charge in [-0.25, -0.2) is 0 Å². The number of para-hydroxylation sites is 1. The number of hydrogen-bond donors (Lipinski definition) is 1. The minimum Gasteiger partial charge on any atom is -0.351 e. The van der Waals surface area contributed by atoms with Gasteiger partial charge in [-0.2, -0.15) is 0 Å². The Morgan fingerprint density at radius 2 is 1.67 bits per heavy atom. The molecule has 0 saturated heterocycles. The molecule has 1 aromatic heterocycles. The van der Waals surface area contributed by atoms with E-state index in [2.05, 4.69) is 16.0 Å². The number of carbonyl (C=O) groups excluding carboxylic acids is 2. The molecule has 0 bridgehead atoms. The summed E-state index contributed by atoms with van der Waals surface area (Å²) in [6.45, 7) is 2.61. The first kappa shape index (κ1) is 19.9. The fraction of sp³-hybridized carbons (Fsp3) is 0.250. The summed E-state index contributed by atoms with van der Waals surface area (Å²) in [7, 11) is 3.93. The molecule has 0 atom stereocenters. The molecule has 1 aliphatic rings. The molecule has 30 heavy (non-hydrogen) atoms. The highest BCUT2D eigenvalue weighted by Crippen LogP contribution is 2.29. The Morgan fingerprint density at radius 1 is 0.933 bits per heavy atom. The highest BCUT2D eigenvalue weighted by molar-refractivity contribution is 6.07. The first-order valence-corrected chi connectivity index (χ1v) is 10.1. The van der Waals surface area contributed by atoms with Crippen molar-refractivity contribution < 1.29 is 9.59 Å². The van der Waals surface area contributed by atoms with Gasteiger partial charge in [0.2, 0.25) is 0 Å². The molecule has 0 radical (unpaired) electrons. The minimum absolute atomic E-state index is 0.0725. The molecule has 6 heteroatoms. The quantitative estimate of drug-likeness (QED) is 0.714. The zero-order valence-electron chi connectivity index (χ0n) is 17.3. The lowest BCUT2D eigenvalue weighted by Gasteiger charge is -2.23. The molecular formula is C24H26N4O2. The van der Waals surface area contributed by atoms with Gasteiger partial charge in [-0.3, -0.25) is 9.59 Å². The van der Waals surface area contributed by atoms with E-state index in [9.17, 15) is 9.59 Å². The summed E-state index contributed by atoms with van der Waals surface area (Å²) >= 11 is 0. The zero-order chi connectivity index (χ0) is 21.1. The van der Waals surface area contributed by atoms with E-state index in [0.717, 1.165) is 30.0 Å². The van der Waals surface area contributed by atoms with Gasteiger partial charge in [0.1, 0.15) is 0 Å². The average Bonchev–Trinajstić information content (AvgIpc) is 3.12. The lowest BCUT2D eigenvalue weighted by molar-refractivity contribution is 0.0947. The molecule has 2 heterocycles. The summed E-state index contributed by atoms with van der Waals surface area (Å²) in [6, 6.07) is 19.0. The molecule has 3 aromatic rings. The Labute approximate surface area is 176 Å². The third kappa shape index (κ3) is 4.14. The van der Waals surface area contributed by atoms with E-state index in [1.54, 1.807) is 24.3 Å². The van der Waals surface area contributed by atoms with Crippen LogP contribution in [0.4, 0.5) is 5.69 Å². The van der Waals surface area contributed by atoms with Crippen LogP contribution in [0.2, 0.25) is 0 Å². The average molecular weight is 402 g/mol. The summed E-state index contributed by atoms with van der Waals surface area (Å²) < 4.78 is 2.17. The third-order valence-corrected chi connectivity index (χ3v) is 5.35. The molecule has 6 nitrogen and oxygen atoms in total. The lowest BCUT2D eigenvalue weighted by Crippen LogP contribution is -2.32. The SMILES string of the molecule is CN(C)CCNC(=O)c1ccc(C(=O)N2Cc3cccn3Cc3ccccc32)cc1. The van der Waals surface area contributed by atoms with Gasteiger partial charge in [0.05, 0.1) is 6.54 Å². The van der Waals surface area contributed by atoms with Gasteiger partial charge in [0.25, 0.3) is 11.8 Å². The third-order valence-electron chi connectivity index (χ3n) is 5.35. The number of anilines is 1. The second kappa shape index (κ2) is 8.55. The van der Waals surface area contributed by atoms with E-state index < -0.39 is 0 Å². The number of benzene rings is 2. The minimum atomic E-state index is -0.131. The molecule has 0 spiro atoms. The van der Waals surface area contributed by atoms with Crippen LogP contribution in [-0.2, 0) is 13.1 Å². The molecule has 1 N–H and O–H groups in total. The summed E-state index contributed by atoms with van der Waals surface area (Å²) in [5.74, 6) is -0.203. The van der Waals surface area contributed by atoms with Crippen LogP contribution in [0.5, 0.6) is 0 Å². The number of likely N-dealkylation sites (N-methyl/N-ethyl adjacent to an activating group) is 1. The van der Waals surface area contributed by atoms with Crippen molar-refractivity contribution in [1.29, 1.82) is 0 Å². The normalized spacial score (nSPS) is 12.8. The monoisotopic (exact) mass is 402 g/mol. The van der Waals surface area contributed by atoms with Gasteiger partial charge in [-0.05, 0) is 62.1 Å². The van der Waals surface area contributed by atoms with Crippen molar-refractivity contribution in [2.75, 3.05) is 32.1 Å². The van der Waals surface area contributed by atoms with Gasteiger partial charge in [0.15, 0.2) is 0 Å². The first-order chi connectivity index (χ1) is 14.5. The summed E-state index contributed by atoms with van der Waals surface area (Å²) in [6.07, 6.45) is 2.05. The van der Waals surface area contributed by atoms with Crippen LogP contribution in [0.25, 0.3) is 0 Å². The number of nitrogens with zero attached hydrogens (tertiary/aromatic N) is 3. The van der Waals surface area contributed by atoms with E-state index in [1.807, 2.05) is 60.4 Å². The van der Waals surface area contributed by atoms with E-state index >= 15 is 0 Å². The first-order valence-electron chi connectivity index (χ1n) is 10.1. The van der Waals surface area contributed by atoms with Crippen LogP contribution < -0.4 is 10.2 Å². The molecule has 0 aliphatic carbocycles. The molecule has 1 aliphatic heterocycles. The van der Waals surface area contributed by atoms with Gasteiger partial charge >= 0.3 is 0 Å². The maximum absolute atomic E-state index is 13.4. The molecule has 2 aromatic carbocycles. The molecule has 4 rings (SSSR count). The van der Waals surface area contributed by atoms with E-state index in [1.165, 1.54) is 0 Å². The maximum Gasteiger partial charge on any atom is 0.258 e. The van der Waals surface area contributed by atoms with Gasteiger partial charge in [-0.1, -0.05) is 18.2 Å². The Hall–Kier alpha value is -3.38. The van der Waals surface area contributed by atoms with Gasteiger partial charge < -0.3 is 19.7 Å². The zero-order valence-corrected chi connectivity index (χ0v) is 17.3. The van der Waals surface area contributed by atoms with Crippen LogP contribution in [0.15, 0.2) is 66.9 Å². The van der Waals surface area contributed by atoms with Crippen LogP contribution >= 0.6 is 0 Å². The Morgan fingerprint density at radius 3 is 2.43 bits per heavy atom. The smallest absolute Gasteiger partial charge is 0.258 e.